The van der Waals surface area contributed by atoms with Crippen molar-refractivity contribution in [2.75, 3.05) is 25.5 Å². The summed E-state index contributed by atoms with van der Waals surface area (Å²) in [5.41, 5.74) is 3.35. The number of likely N-dealkylation sites (N-methyl/N-ethyl adjacent to an activating group) is 1. The number of carboxylic acid groups (broad SMARTS) is 1. The van der Waals surface area contributed by atoms with Gasteiger partial charge in [0.1, 0.15) is 17.2 Å². The maximum atomic E-state index is 12.6. The van der Waals surface area contributed by atoms with Crippen molar-refractivity contribution in [2.24, 2.45) is 0 Å². The number of fused-ring (bicyclic) bond motifs is 2. The van der Waals surface area contributed by atoms with E-state index in [2.05, 4.69) is 10.3 Å². The zero-order valence-electron chi connectivity index (χ0n) is 17.5. The Morgan fingerprint density at radius 2 is 2.16 bits per heavy atom. The van der Waals surface area contributed by atoms with E-state index in [0.29, 0.717) is 25.5 Å². The second-order valence-corrected chi connectivity index (χ2v) is 7.58. The highest BCUT2D eigenvalue weighted by Gasteiger charge is 2.19. The molecule has 3 aromatic rings. The number of benzene rings is 1. The Kier molecular flexibility index (Phi) is 5.62. The monoisotopic (exact) mass is 420 g/mol. The number of hydrogen-bond acceptors (Lipinski definition) is 5. The van der Waals surface area contributed by atoms with Crippen LogP contribution < -0.4 is 5.32 Å². The Bertz CT molecular complexity index is 1170. The summed E-state index contributed by atoms with van der Waals surface area (Å²) < 4.78 is 5.90. The van der Waals surface area contributed by atoms with Crippen molar-refractivity contribution in [3.8, 4) is 0 Å². The lowest BCUT2D eigenvalue weighted by atomic mass is 10.1. The Hall–Kier alpha value is -3.81. The van der Waals surface area contributed by atoms with E-state index in [4.69, 9.17) is 4.42 Å². The lowest BCUT2D eigenvalue weighted by Gasteiger charge is -2.15. The van der Waals surface area contributed by atoms with Gasteiger partial charge in [-0.15, -0.1) is 0 Å². The topological polar surface area (TPSA) is 98.9 Å². The summed E-state index contributed by atoms with van der Waals surface area (Å²) >= 11 is 0. The highest BCUT2D eigenvalue weighted by Crippen LogP contribution is 2.26. The predicted molar refractivity (Wildman–Crippen MR) is 118 cm³/mol. The van der Waals surface area contributed by atoms with Crippen LogP contribution in [0.25, 0.3) is 17.0 Å². The van der Waals surface area contributed by atoms with E-state index in [1.54, 1.807) is 24.2 Å². The van der Waals surface area contributed by atoms with Crippen LogP contribution in [0.1, 0.15) is 22.5 Å². The van der Waals surface area contributed by atoms with Crippen molar-refractivity contribution in [3.63, 3.8) is 0 Å². The number of anilines is 1. The predicted octanol–water partition coefficient (Wildman–Crippen LogP) is 3.71. The van der Waals surface area contributed by atoms with Crippen LogP contribution in [0.3, 0.4) is 0 Å². The molecule has 0 spiro atoms. The smallest absolute Gasteiger partial charge is 0.407 e. The van der Waals surface area contributed by atoms with Crippen molar-refractivity contribution < 1.29 is 19.1 Å². The largest absolute Gasteiger partial charge is 0.465 e. The summed E-state index contributed by atoms with van der Waals surface area (Å²) in [5, 5.41) is 13.5. The third kappa shape index (κ3) is 4.37. The van der Waals surface area contributed by atoms with Crippen LogP contribution in [0.2, 0.25) is 0 Å². The molecule has 8 heteroatoms. The highest BCUT2D eigenvalue weighted by atomic mass is 16.4. The van der Waals surface area contributed by atoms with E-state index < -0.39 is 6.09 Å². The van der Waals surface area contributed by atoms with Crippen LogP contribution in [0, 0.1) is 6.92 Å². The number of pyridine rings is 1. The van der Waals surface area contributed by atoms with Gasteiger partial charge in [-0.1, -0.05) is 18.2 Å². The minimum absolute atomic E-state index is 0.167. The number of rotatable bonds is 4. The van der Waals surface area contributed by atoms with Crippen LogP contribution in [0.4, 0.5) is 10.6 Å². The number of nitrogens with zero attached hydrogens (tertiary/aromatic N) is 3. The first-order valence-electron chi connectivity index (χ1n) is 10.0. The fourth-order valence-electron chi connectivity index (χ4n) is 3.62. The first kappa shape index (κ1) is 20.5. The summed E-state index contributed by atoms with van der Waals surface area (Å²) in [6.07, 6.45) is 3.87. The van der Waals surface area contributed by atoms with Crippen molar-refractivity contribution >= 4 is 34.9 Å². The lowest BCUT2D eigenvalue weighted by Crippen LogP contribution is -2.31. The quantitative estimate of drug-likeness (QED) is 0.624. The lowest BCUT2D eigenvalue weighted by molar-refractivity contribution is -0.125. The van der Waals surface area contributed by atoms with E-state index in [1.807, 2.05) is 37.3 Å². The Morgan fingerprint density at radius 1 is 1.35 bits per heavy atom. The number of nitrogens with one attached hydrogen (secondary N) is 1. The fourth-order valence-corrected chi connectivity index (χ4v) is 3.62. The van der Waals surface area contributed by atoms with Crippen LogP contribution >= 0.6 is 0 Å². The number of aryl methyl sites for hydroxylation is 1. The fraction of sp³-hybridized carbons (Fsp3) is 0.261. The Morgan fingerprint density at radius 3 is 2.94 bits per heavy atom. The van der Waals surface area contributed by atoms with E-state index in [-0.39, 0.29) is 12.5 Å². The van der Waals surface area contributed by atoms with Gasteiger partial charge in [0.2, 0.25) is 5.91 Å². The molecule has 0 aliphatic carbocycles. The minimum Gasteiger partial charge on any atom is -0.465 e. The molecule has 0 saturated heterocycles. The molecule has 1 aliphatic rings. The third-order valence-electron chi connectivity index (χ3n) is 5.41. The molecule has 8 nitrogen and oxygen atoms in total. The summed E-state index contributed by atoms with van der Waals surface area (Å²) in [4.78, 5) is 31.2. The van der Waals surface area contributed by atoms with E-state index in [0.717, 1.165) is 33.4 Å². The zero-order valence-corrected chi connectivity index (χ0v) is 17.5. The molecule has 1 aromatic carbocycles. The second kappa shape index (κ2) is 8.51. The van der Waals surface area contributed by atoms with Gasteiger partial charge in [-0.25, -0.2) is 9.78 Å². The molecular weight excluding hydrogens is 396 g/mol. The molecule has 1 aliphatic heterocycles. The number of amides is 2. The summed E-state index contributed by atoms with van der Waals surface area (Å²) in [6, 6.07) is 9.66. The number of carbonyl (C=O) groups excluding carboxylic acids is 1. The molecule has 0 atom stereocenters. The van der Waals surface area contributed by atoms with Gasteiger partial charge in [0.15, 0.2) is 0 Å². The van der Waals surface area contributed by atoms with Gasteiger partial charge >= 0.3 is 6.09 Å². The van der Waals surface area contributed by atoms with Gasteiger partial charge in [0.25, 0.3) is 0 Å². The molecule has 0 fully saturated rings. The number of furan rings is 1. The van der Waals surface area contributed by atoms with Crippen molar-refractivity contribution in [1.29, 1.82) is 0 Å². The maximum absolute atomic E-state index is 12.6. The molecule has 0 unspecified atom stereocenters. The maximum Gasteiger partial charge on any atom is 0.407 e. The normalized spacial score (nSPS) is 13.7. The molecule has 3 heterocycles. The molecule has 2 N–H and O–H groups in total. The average molecular weight is 420 g/mol. The zero-order chi connectivity index (χ0) is 22.0. The van der Waals surface area contributed by atoms with Gasteiger partial charge in [0, 0.05) is 48.9 Å². The number of carbonyl (C=O) groups is 2. The van der Waals surface area contributed by atoms with Crippen LogP contribution in [0.15, 0.2) is 47.0 Å². The molecule has 31 heavy (non-hydrogen) atoms. The van der Waals surface area contributed by atoms with E-state index in [9.17, 15) is 14.7 Å². The Balaban J connectivity index is 1.46. The van der Waals surface area contributed by atoms with Gasteiger partial charge in [-0.05, 0) is 30.7 Å². The van der Waals surface area contributed by atoms with Gasteiger partial charge in [0.05, 0.1) is 13.1 Å². The highest BCUT2D eigenvalue weighted by molar-refractivity contribution is 5.91. The SMILES string of the molecule is Cc1c(CN(C)C(=O)C=Cc2cnc3c(c2)CN(C(=O)O)CCN3)oc2ccccc12. The molecule has 2 amide bonds. The van der Waals surface area contributed by atoms with E-state index in [1.165, 1.54) is 11.0 Å². The third-order valence-corrected chi connectivity index (χ3v) is 5.41. The molecule has 0 saturated carbocycles. The van der Waals surface area contributed by atoms with Gasteiger partial charge in [-0.3, -0.25) is 4.79 Å². The minimum atomic E-state index is -0.965. The molecule has 160 valence electrons. The molecule has 4 rings (SSSR count). The number of hydrogen-bond donors (Lipinski definition) is 2. The summed E-state index contributed by atoms with van der Waals surface area (Å²) in [6.45, 7) is 3.51. The van der Waals surface area contributed by atoms with Crippen molar-refractivity contribution in [2.45, 2.75) is 20.0 Å². The van der Waals surface area contributed by atoms with Crippen LogP contribution in [-0.4, -0.2) is 52.0 Å². The van der Waals surface area contributed by atoms with E-state index >= 15 is 0 Å². The first-order valence-corrected chi connectivity index (χ1v) is 10.0. The summed E-state index contributed by atoms with van der Waals surface area (Å²) in [7, 11) is 1.73. The van der Waals surface area contributed by atoms with Crippen LogP contribution in [0.5, 0.6) is 0 Å². The standard InChI is InChI=1S/C23H24N4O4/c1-15-18-5-3-4-6-19(18)31-20(15)14-26(2)21(28)8-7-16-11-17-13-27(23(29)30)10-9-24-22(17)25-12-16/h3-8,11-12H,9-10,13-14H2,1-2H3,(H,24,25)(H,29,30). The molecular formula is C23H24N4O4. The molecule has 2 aromatic heterocycles. The van der Waals surface area contributed by atoms with Gasteiger partial charge in [-0.2, -0.15) is 0 Å². The van der Waals surface area contributed by atoms with Gasteiger partial charge < -0.3 is 24.6 Å². The number of para-hydroxylation sites is 1. The van der Waals surface area contributed by atoms with Crippen LogP contribution in [-0.2, 0) is 17.9 Å². The van der Waals surface area contributed by atoms with Crippen molar-refractivity contribution in [3.05, 3.63) is 65.1 Å². The Labute approximate surface area is 179 Å². The van der Waals surface area contributed by atoms with Crippen molar-refractivity contribution in [1.82, 2.24) is 14.8 Å². The summed E-state index contributed by atoms with van der Waals surface area (Å²) in [5.74, 6) is 1.27. The first-order chi connectivity index (χ1) is 14.9. The number of aromatic nitrogens is 1. The molecule has 0 bridgehead atoms. The second-order valence-electron chi connectivity index (χ2n) is 7.58. The molecule has 0 radical (unpaired) electrons. The average Bonchev–Trinajstić information content (AvgIpc) is 2.94.